The summed E-state index contributed by atoms with van der Waals surface area (Å²) in [6.07, 6.45) is 0.328. The van der Waals surface area contributed by atoms with Gasteiger partial charge in [0.1, 0.15) is 11.1 Å². The van der Waals surface area contributed by atoms with E-state index in [-0.39, 0.29) is 76.8 Å². The first kappa shape index (κ1) is 24.2. The summed E-state index contributed by atoms with van der Waals surface area (Å²) in [5, 5.41) is 25.2. The van der Waals surface area contributed by atoms with Crippen molar-refractivity contribution in [1.82, 2.24) is 4.98 Å². The van der Waals surface area contributed by atoms with Gasteiger partial charge in [0, 0.05) is 38.1 Å². The van der Waals surface area contributed by atoms with Crippen molar-refractivity contribution in [2.75, 3.05) is 0 Å². The van der Waals surface area contributed by atoms with E-state index in [2.05, 4.69) is 17.2 Å². The van der Waals surface area contributed by atoms with E-state index in [1.807, 2.05) is 20.8 Å². The number of nitrogens with zero attached hydrogens (tertiary/aromatic N) is 2. The number of aliphatic hydroxyl groups excluding tert-OH is 1. The number of rotatable bonds is 9. The summed E-state index contributed by atoms with van der Waals surface area (Å²) in [7, 11) is 0. The molecule has 1 aromatic heterocycles. The Labute approximate surface area is 178 Å². The molecule has 0 saturated carbocycles. The zero-order valence-corrected chi connectivity index (χ0v) is 19.3. The number of aromatic nitrogens is 1. The third-order valence-electron chi connectivity index (χ3n) is 3.62. The molecule has 0 bridgehead atoms. The summed E-state index contributed by atoms with van der Waals surface area (Å²) >= 11 is 0.737. The van der Waals surface area contributed by atoms with E-state index >= 15 is 0 Å². The molecule has 1 heterocycles. The second-order valence-electron chi connectivity index (χ2n) is 5.96. The second kappa shape index (κ2) is 11.7. The number of amides is 1. The van der Waals surface area contributed by atoms with Crippen LogP contribution in [-0.4, -0.2) is 47.2 Å². The molecule has 2 N–H and O–H groups in total. The van der Waals surface area contributed by atoms with Gasteiger partial charge in [0.15, 0.2) is 5.69 Å². The van der Waals surface area contributed by atoms with Crippen molar-refractivity contribution in [2.45, 2.75) is 57.5 Å². The van der Waals surface area contributed by atoms with Crippen LogP contribution in [0, 0.1) is 5.92 Å². The molecular formula is C15H23AlN2O4SY-. The number of aromatic carboxylic acids is 1. The molecule has 130 valence electrons. The minimum atomic E-state index is -1.11. The fourth-order valence-electron chi connectivity index (χ4n) is 1.91. The van der Waals surface area contributed by atoms with Crippen LogP contribution in [-0.2, 0) is 32.7 Å². The zero-order chi connectivity index (χ0) is 17.6. The first-order chi connectivity index (χ1) is 10.7. The van der Waals surface area contributed by atoms with Crippen molar-refractivity contribution < 1.29 is 52.5 Å². The van der Waals surface area contributed by atoms with E-state index in [9.17, 15) is 14.7 Å². The Bertz CT molecular complexity index is 541. The zero-order valence-electron chi connectivity index (χ0n) is 14.5. The topological polar surface area (TPSA) is 102 Å². The van der Waals surface area contributed by atoms with Gasteiger partial charge in [-0.2, -0.15) is 0 Å². The average Bonchev–Trinajstić information content (AvgIpc) is 2.96. The molecule has 0 fully saturated rings. The van der Waals surface area contributed by atoms with E-state index in [1.165, 1.54) is 5.38 Å². The van der Waals surface area contributed by atoms with Crippen LogP contribution in [0.2, 0.25) is 4.78 Å². The minimum Gasteiger partial charge on any atom is -0.667 e. The molecule has 0 aliphatic rings. The van der Waals surface area contributed by atoms with Crippen LogP contribution in [0.5, 0.6) is 0 Å². The van der Waals surface area contributed by atoms with Gasteiger partial charge in [0.2, 0.25) is 0 Å². The first-order valence-electron chi connectivity index (χ1n) is 7.71. The fourth-order valence-corrected chi connectivity index (χ4v) is 3.70. The molecule has 1 rings (SSSR count). The summed E-state index contributed by atoms with van der Waals surface area (Å²) in [5.74, 6) is -0.999. The van der Waals surface area contributed by atoms with Gasteiger partial charge >= 0.3 is 5.97 Å². The molecule has 2 radical (unpaired) electrons. The molecule has 24 heavy (non-hydrogen) atoms. The van der Waals surface area contributed by atoms with Crippen molar-refractivity contribution >= 4 is 37.3 Å². The van der Waals surface area contributed by atoms with E-state index in [0.717, 1.165) is 17.8 Å². The number of hydrogen-bond donors (Lipinski definition) is 2. The Morgan fingerprint density at radius 1 is 1.38 bits per heavy atom. The van der Waals surface area contributed by atoms with Gasteiger partial charge in [0.05, 0.1) is 0 Å². The smallest absolute Gasteiger partial charge is 0.355 e. The van der Waals surface area contributed by atoms with Gasteiger partial charge in [-0.05, 0) is 11.2 Å². The van der Waals surface area contributed by atoms with Gasteiger partial charge in [-0.15, -0.1) is 17.4 Å². The molecule has 0 aliphatic carbocycles. The van der Waals surface area contributed by atoms with Crippen molar-refractivity contribution in [3.8, 4) is 0 Å². The molecule has 0 aromatic carbocycles. The van der Waals surface area contributed by atoms with Gasteiger partial charge in [-0.25, -0.2) is 9.78 Å². The van der Waals surface area contributed by atoms with Crippen LogP contribution in [0.1, 0.15) is 62.1 Å². The largest absolute Gasteiger partial charge is 0.667 e. The van der Waals surface area contributed by atoms with Crippen LogP contribution in [0.25, 0.3) is 5.32 Å². The maximum Gasteiger partial charge on any atom is 0.355 e. The minimum absolute atomic E-state index is 0. The van der Waals surface area contributed by atoms with Crippen LogP contribution >= 0.6 is 11.3 Å². The Kier molecular flexibility index (Phi) is 11.8. The molecule has 9 heteroatoms. The van der Waals surface area contributed by atoms with Crippen LogP contribution < -0.4 is 0 Å². The molecule has 1 amide bonds. The van der Waals surface area contributed by atoms with Crippen molar-refractivity contribution in [2.24, 2.45) is 5.92 Å². The van der Waals surface area contributed by atoms with E-state index in [0.29, 0.717) is 9.79 Å². The van der Waals surface area contributed by atoms with Crippen molar-refractivity contribution in [1.29, 1.82) is 0 Å². The number of aliphatic hydroxyl groups is 1. The summed E-state index contributed by atoms with van der Waals surface area (Å²) < 4.78 is 0.316. The van der Waals surface area contributed by atoms with Crippen LogP contribution in [0.3, 0.4) is 0 Å². The number of carboxylic acid groups (broad SMARTS) is 1. The van der Waals surface area contributed by atoms with Crippen molar-refractivity contribution in [3.63, 3.8) is 0 Å². The Morgan fingerprint density at radius 2 is 2.00 bits per heavy atom. The monoisotopic (exact) mass is 443 g/mol. The number of carboxylic acids is 1. The average molecular weight is 443 g/mol. The van der Waals surface area contributed by atoms with Crippen LogP contribution in [0.4, 0.5) is 4.79 Å². The molecule has 1 aromatic rings. The molecular weight excluding hydrogens is 420 g/mol. The summed E-state index contributed by atoms with van der Waals surface area (Å²) in [6.45, 7) is 8.01. The maximum absolute atomic E-state index is 12.0. The SMILES string of the molecule is CC[C@H](C)[Al][C](=O)[N-]C(CC(O)c1nc(C(=O)O)cs1)C(C)C.[Y]. The summed E-state index contributed by atoms with van der Waals surface area (Å²) in [4.78, 5) is 26.8. The van der Waals surface area contributed by atoms with Gasteiger partial charge in [0.25, 0.3) is 15.2 Å². The Morgan fingerprint density at radius 3 is 2.46 bits per heavy atom. The summed E-state index contributed by atoms with van der Waals surface area (Å²) in [6, 6.07) is -0.286. The second-order valence-corrected chi connectivity index (χ2v) is 8.81. The normalized spacial score (nSPS) is 14.4. The van der Waals surface area contributed by atoms with Gasteiger partial charge < -0.3 is 20.3 Å². The third kappa shape index (κ3) is 8.03. The molecule has 0 spiro atoms. The summed E-state index contributed by atoms with van der Waals surface area (Å²) in [5.41, 5.74) is -0.0700. The maximum atomic E-state index is 12.0. The quantitative estimate of drug-likeness (QED) is 0.567. The Balaban J connectivity index is 0.00000529. The molecule has 2 unspecified atom stereocenters. The number of hydrogen-bond acceptors (Lipinski definition) is 5. The molecule has 0 aliphatic heterocycles. The third-order valence-corrected chi connectivity index (χ3v) is 6.05. The fraction of sp³-hybridized carbons (Fsp3) is 0.667. The number of carbonyl (C=O) groups is 2. The van der Waals surface area contributed by atoms with E-state index in [4.69, 9.17) is 5.11 Å². The van der Waals surface area contributed by atoms with E-state index < -0.39 is 12.1 Å². The predicted molar refractivity (Wildman–Crippen MR) is 91.5 cm³/mol. The first-order valence-corrected chi connectivity index (χ1v) is 9.83. The predicted octanol–water partition coefficient (Wildman–Crippen LogP) is 3.70. The van der Waals surface area contributed by atoms with Gasteiger partial charge in [-0.3, -0.25) is 0 Å². The molecule has 0 saturated heterocycles. The number of carbonyl (C=O) groups excluding carboxylic acids is 1. The standard InChI is InChI=1S/C11H14N2O4S.C4H9.Al.Y/c1-6(2)7(12-5-14)3-9(15)10-13-8(4-18-10)11(16)17;1-3-4-2;;/h4,6-7,9,15H,3H2,1-2H3,(H-,12,14,16,17);3H,4H2,1-2H3;;/q-1;;;. The van der Waals surface area contributed by atoms with Crippen molar-refractivity contribution in [3.05, 3.63) is 21.4 Å². The van der Waals surface area contributed by atoms with Gasteiger partial charge in [-0.1, -0.05) is 44.8 Å². The molecule has 3 atom stereocenters. The number of thiazole rings is 1. The van der Waals surface area contributed by atoms with Crippen LogP contribution in [0.15, 0.2) is 5.38 Å². The molecule has 6 nitrogen and oxygen atoms in total. The van der Waals surface area contributed by atoms with E-state index in [1.54, 1.807) is 0 Å². The Hall–Kier alpha value is 0.166.